The van der Waals surface area contributed by atoms with Crippen LogP contribution < -0.4 is 5.73 Å². The van der Waals surface area contributed by atoms with E-state index in [1.54, 1.807) is 22.7 Å². The quantitative estimate of drug-likeness (QED) is 0.686. The smallest absolute Gasteiger partial charge is 0.0957 e. The molecule has 18 heavy (non-hydrogen) atoms. The summed E-state index contributed by atoms with van der Waals surface area (Å²) in [4.78, 5) is 4.63. The third kappa shape index (κ3) is 2.59. The van der Waals surface area contributed by atoms with Crippen molar-refractivity contribution in [3.63, 3.8) is 0 Å². The van der Waals surface area contributed by atoms with Crippen LogP contribution in [0.25, 0.3) is 10.2 Å². The predicted octanol–water partition coefficient (Wildman–Crippen LogP) is 4.20. The number of nitrogens with zero attached hydrogens (tertiary/aromatic N) is 1. The van der Waals surface area contributed by atoms with Crippen molar-refractivity contribution in [2.24, 2.45) is 5.73 Å². The monoisotopic (exact) mass is 386 g/mol. The van der Waals surface area contributed by atoms with Gasteiger partial charge in [0.1, 0.15) is 0 Å². The molecular formula is C13H11IN2S2. The maximum atomic E-state index is 6.23. The van der Waals surface area contributed by atoms with E-state index in [-0.39, 0.29) is 6.04 Å². The van der Waals surface area contributed by atoms with Gasteiger partial charge in [-0.3, -0.25) is 0 Å². The minimum atomic E-state index is 0.0466. The lowest BCUT2D eigenvalue weighted by Gasteiger charge is -2.06. The first-order valence-corrected chi connectivity index (χ1v) is 8.34. The molecule has 0 aliphatic heterocycles. The van der Waals surface area contributed by atoms with E-state index in [2.05, 4.69) is 45.1 Å². The number of para-hydroxylation sites is 1. The van der Waals surface area contributed by atoms with Crippen molar-refractivity contribution in [2.75, 3.05) is 0 Å². The van der Waals surface area contributed by atoms with Crippen molar-refractivity contribution in [2.45, 2.75) is 12.5 Å². The van der Waals surface area contributed by atoms with E-state index in [1.807, 2.05) is 18.2 Å². The number of rotatable bonds is 3. The Morgan fingerprint density at radius 2 is 2.17 bits per heavy atom. The summed E-state index contributed by atoms with van der Waals surface area (Å²) in [6, 6.07) is 10.4. The average molecular weight is 386 g/mol. The summed E-state index contributed by atoms with van der Waals surface area (Å²) < 4.78 is 2.52. The van der Waals surface area contributed by atoms with Gasteiger partial charge >= 0.3 is 0 Å². The molecule has 3 aromatic rings. The lowest BCUT2D eigenvalue weighted by molar-refractivity contribution is 0.722. The molecule has 1 aromatic carbocycles. The lowest BCUT2D eigenvalue weighted by Crippen LogP contribution is -2.12. The Bertz CT molecular complexity index is 641. The summed E-state index contributed by atoms with van der Waals surface area (Å²) >= 11 is 5.80. The molecule has 0 fully saturated rings. The molecule has 2 nitrogen and oxygen atoms in total. The van der Waals surface area contributed by atoms with Crippen molar-refractivity contribution in [3.05, 3.63) is 49.2 Å². The van der Waals surface area contributed by atoms with Gasteiger partial charge < -0.3 is 5.73 Å². The van der Waals surface area contributed by atoms with Crippen LogP contribution in [0.4, 0.5) is 0 Å². The summed E-state index contributed by atoms with van der Waals surface area (Å²) in [5.41, 5.74) is 8.52. The highest BCUT2D eigenvalue weighted by atomic mass is 127. The zero-order valence-corrected chi connectivity index (χ0v) is 13.3. The molecule has 5 heteroatoms. The lowest BCUT2D eigenvalue weighted by atomic mass is 10.1. The van der Waals surface area contributed by atoms with Gasteiger partial charge in [0.25, 0.3) is 0 Å². The first-order valence-electron chi connectivity index (χ1n) is 5.56. The van der Waals surface area contributed by atoms with Crippen molar-refractivity contribution in [3.8, 4) is 0 Å². The molecule has 0 saturated heterocycles. The molecule has 0 spiro atoms. The molecule has 0 bridgehead atoms. The zero-order chi connectivity index (χ0) is 12.5. The molecule has 3 rings (SSSR count). The van der Waals surface area contributed by atoms with Crippen LogP contribution in [0.2, 0.25) is 0 Å². The molecular weight excluding hydrogens is 375 g/mol. The molecule has 2 heterocycles. The van der Waals surface area contributed by atoms with Crippen LogP contribution in [-0.2, 0) is 6.42 Å². The first-order chi connectivity index (χ1) is 8.72. The molecule has 92 valence electrons. The van der Waals surface area contributed by atoms with Gasteiger partial charge in [0, 0.05) is 12.5 Å². The van der Waals surface area contributed by atoms with Gasteiger partial charge in [-0.05, 0) is 51.7 Å². The summed E-state index contributed by atoms with van der Waals surface area (Å²) in [7, 11) is 0. The molecule has 2 aromatic heterocycles. The third-order valence-electron chi connectivity index (χ3n) is 2.75. The van der Waals surface area contributed by atoms with Crippen LogP contribution in [0.5, 0.6) is 0 Å². The van der Waals surface area contributed by atoms with Gasteiger partial charge in [-0.25, -0.2) is 4.98 Å². The van der Waals surface area contributed by atoms with E-state index in [9.17, 15) is 0 Å². The van der Waals surface area contributed by atoms with E-state index >= 15 is 0 Å². The van der Waals surface area contributed by atoms with E-state index in [1.165, 1.54) is 13.1 Å². The summed E-state index contributed by atoms with van der Waals surface area (Å²) in [5.74, 6) is 0. The van der Waals surface area contributed by atoms with Gasteiger partial charge in [0.05, 0.1) is 18.1 Å². The van der Waals surface area contributed by atoms with Crippen molar-refractivity contribution in [1.29, 1.82) is 0 Å². The Balaban J connectivity index is 1.83. The Hall–Kier alpha value is -0.500. The number of thiazole rings is 1. The highest BCUT2D eigenvalue weighted by molar-refractivity contribution is 14.1. The Morgan fingerprint density at radius 3 is 2.89 bits per heavy atom. The molecule has 0 saturated carbocycles. The number of halogens is 1. The van der Waals surface area contributed by atoms with Crippen LogP contribution >= 0.6 is 45.3 Å². The van der Waals surface area contributed by atoms with Crippen LogP contribution in [0, 0.1) is 2.88 Å². The van der Waals surface area contributed by atoms with Crippen LogP contribution in [0.15, 0.2) is 35.7 Å². The van der Waals surface area contributed by atoms with E-state index < -0.39 is 0 Å². The number of benzene rings is 1. The number of hydrogen-bond donors (Lipinski definition) is 1. The Kier molecular flexibility index (Phi) is 3.65. The van der Waals surface area contributed by atoms with Crippen LogP contribution in [-0.4, -0.2) is 4.98 Å². The Morgan fingerprint density at radius 1 is 1.33 bits per heavy atom. The van der Waals surface area contributed by atoms with Crippen molar-refractivity contribution < 1.29 is 0 Å². The molecule has 0 aliphatic carbocycles. The SMILES string of the molecule is NC(Cc1nc2ccccc2s1)c1csc(I)c1. The van der Waals surface area contributed by atoms with E-state index in [4.69, 9.17) is 5.73 Å². The maximum absolute atomic E-state index is 6.23. The predicted molar refractivity (Wildman–Crippen MR) is 87.3 cm³/mol. The second-order valence-corrected chi connectivity index (χ2v) is 7.99. The fourth-order valence-corrected chi connectivity index (χ4v) is 4.29. The number of nitrogens with two attached hydrogens (primary N) is 1. The van der Waals surface area contributed by atoms with E-state index in [0.717, 1.165) is 16.9 Å². The second kappa shape index (κ2) is 5.24. The summed E-state index contributed by atoms with van der Waals surface area (Å²) in [6.07, 6.45) is 0.812. The topological polar surface area (TPSA) is 38.9 Å². The van der Waals surface area contributed by atoms with Crippen LogP contribution in [0.3, 0.4) is 0 Å². The second-order valence-electron chi connectivity index (χ2n) is 4.07. The molecule has 1 unspecified atom stereocenters. The maximum Gasteiger partial charge on any atom is 0.0957 e. The number of aromatic nitrogens is 1. The Labute approximate surface area is 127 Å². The van der Waals surface area contributed by atoms with Crippen molar-refractivity contribution >= 4 is 55.5 Å². The summed E-state index contributed by atoms with van der Waals surface area (Å²) in [5, 5.41) is 3.25. The molecule has 0 radical (unpaired) electrons. The molecule has 1 atom stereocenters. The highest BCUT2D eigenvalue weighted by Crippen LogP contribution is 2.27. The normalized spacial score (nSPS) is 13.0. The number of thiophene rings is 1. The van der Waals surface area contributed by atoms with Gasteiger partial charge in [-0.15, -0.1) is 22.7 Å². The zero-order valence-electron chi connectivity index (χ0n) is 9.47. The fourth-order valence-electron chi connectivity index (χ4n) is 1.83. The van der Waals surface area contributed by atoms with Gasteiger partial charge in [-0.2, -0.15) is 0 Å². The highest BCUT2D eigenvalue weighted by Gasteiger charge is 2.12. The largest absolute Gasteiger partial charge is 0.324 e. The van der Waals surface area contributed by atoms with Gasteiger partial charge in [0.15, 0.2) is 0 Å². The van der Waals surface area contributed by atoms with E-state index in [0.29, 0.717) is 0 Å². The van der Waals surface area contributed by atoms with Crippen molar-refractivity contribution in [1.82, 2.24) is 4.98 Å². The molecule has 0 amide bonds. The first kappa shape index (κ1) is 12.5. The molecule has 2 N–H and O–H groups in total. The fraction of sp³-hybridized carbons (Fsp3) is 0.154. The minimum Gasteiger partial charge on any atom is -0.324 e. The standard InChI is InChI=1S/C13H11IN2S2/c14-12-5-8(7-17-12)9(15)6-13-16-10-3-1-2-4-11(10)18-13/h1-5,7,9H,6,15H2. The third-order valence-corrected chi connectivity index (χ3v) is 5.61. The number of fused-ring (bicyclic) bond motifs is 1. The average Bonchev–Trinajstić information content (AvgIpc) is 2.94. The van der Waals surface area contributed by atoms with Crippen LogP contribution in [0.1, 0.15) is 16.6 Å². The minimum absolute atomic E-state index is 0.0466. The summed E-state index contributed by atoms with van der Waals surface area (Å²) in [6.45, 7) is 0. The number of hydrogen-bond acceptors (Lipinski definition) is 4. The van der Waals surface area contributed by atoms with Gasteiger partial charge in [-0.1, -0.05) is 12.1 Å². The molecule has 0 aliphatic rings. The van der Waals surface area contributed by atoms with Gasteiger partial charge in [0.2, 0.25) is 0 Å².